The summed E-state index contributed by atoms with van der Waals surface area (Å²) in [4.78, 5) is 10.7. The smallest absolute Gasteiger partial charge is 0.260 e. The van der Waals surface area contributed by atoms with Crippen molar-refractivity contribution in [3.05, 3.63) is 0 Å². The van der Waals surface area contributed by atoms with Gasteiger partial charge in [0.1, 0.15) is 0 Å². The Labute approximate surface area is 73.1 Å². The molecule has 0 aliphatic carbocycles. The molecule has 0 aromatic heterocycles. The van der Waals surface area contributed by atoms with E-state index >= 15 is 0 Å². The van der Waals surface area contributed by atoms with E-state index in [1.807, 2.05) is 0 Å². The summed E-state index contributed by atoms with van der Waals surface area (Å²) in [5.74, 6) is -0.494. The number of carbonyl (C=O) groups excluding carboxylic acids is 1. The van der Waals surface area contributed by atoms with Gasteiger partial charge in [0, 0.05) is 0 Å². The van der Waals surface area contributed by atoms with E-state index in [2.05, 4.69) is 6.92 Å². The molecule has 1 amide bonds. The third kappa shape index (κ3) is 5.09. The fraction of sp³-hybridized carbons (Fsp3) is 0.875. The number of unbranched alkanes of at least 4 members (excludes halogenated alkanes) is 3. The normalized spacial score (nSPS) is 12.6. The fourth-order valence-electron chi connectivity index (χ4n) is 1.01. The molecule has 0 bridgehead atoms. The van der Waals surface area contributed by atoms with Crippen LogP contribution in [0.25, 0.3) is 0 Å². The van der Waals surface area contributed by atoms with Gasteiger partial charge < -0.3 is 5.73 Å². The van der Waals surface area contributed by atoms with Gasteiger partial charge in [0.05, 0.1) is 6.04 Å². The fourth-order valence-corrected chi connectivity index (χ4v) is 1.01. The number of hydrogen-bond donors (Lipinski definition) is 3. The van der Waals surface area contributed by atoms with Crippen LogP contribution in [0.4, 0.5) is 0 Å². The van der Waals surface area contributed by atoms with Crippen molar-refractivity contribution in [1.29, 1.82) is 0 Å². The molecule has 72 valence electrons. The molecule has 0 rings (SSSR count). The van der Waals surface area contributed by atoms with E-state index in [4.69, 9.17) is 10.9 Å². The van der Waals surface area contributed by atoms with Crippen molar-refractivity contribution in [3.8, 4) is 0 Å². The van der Waals surface area contributed by atoms with Gasteiger partial charge in [-0.05, 0) is 6.42 Å². The molecule has 0 unspecified atom stereocenters. The van der Waals surface area contributed by atoms with Gasteiger partial charge in [0.2, 0.25) is 0 Å². The zero-order valence-corrected chi connectivity index (χ0v) is 7.55. The van der Waals surface area contributed by atoms with Crippen molar-refractivity contribution < 1.29 is 10.0 Å². The lowest BCUT2D eigenvalue weighted by Gasteiger charge is -2.07. The lowest BCUT2D eigenvalue weighted by molar-refractivity contribution is -0.130. The first kappa shape index (κ1) is 11.4. The van der Waals surface area contributed by atoms with Gasteiger partial charge in [-0.2, -0.15) is 0 Å². The first-order valence-electron chi connectivity index (χ1n) is 4.42. The molecule has 0 radical (unpaired) electrons. The standard InChI is InChI=1S/C8H18N2O2/c1-2-3-4-5-6-7(9)8(11)10-12/h7,12H,2-6,9H2,1H3,(H,10,11)/t7-/m1/s1. The van der Waals surface area contributed by atoms with E-state index in [9.17, 15) is 4.79 Å². The van der Waals surface area contributed by atoms with Crippen molar-refractivity contribution in [2.24, 2.45) is 5.73 Å². The van der Waals surface area contributed by atoms with E-state index in [1.54, 1.807) is 5.48 Å². The van der Waals surface area contributed by atoms with Crippen LogP contribution in [0.3, 0.4) is 0 Å². The van der Waals surface area contributed by atoms with Gasteiger partial charge >= 0.3 is 0 Å². The second-order valence-corrected chi connectivity index (χ2v) is 2.93. The maximum atomic E-state index is 10.7. The molecule has 0 spiro atoms. The molecule has 0 fully saturated rings. The van der Waals surface area contributed by atoms with Gasteiger partial charge in [0.15, 0.2) is 0 Å². The van der Waals surface area contributed by atoms with Gasteiger partial charge in [-0.1, -0.05) is 32.6 Å². The average molecular weight is 174 g/mol. The number of amides is 1. The van der Waals surface area contributed by atoms with Gasteiger partial charge in [-0.3, -0.25) is 10.0 Å². The lowest BCUT2D eigenvalue weighted by atomic mass is 10.1. The Bertz CT molecular complexity index is 128. The third-order valence-electron chi connectivity index (χ3n) is 1.82. The molecule has 0 heterocycles. The molecule has 4 nitrogen and oxygen atoms in total. The van der Waals surface area contributed by atoms with Crippen molar-refractivity contribution in [1.82, 2.24) is 5.48 Å². The van der Waals surface area contributed by atoms with Gasteiger partial charge in [-0.25, -0.2) is 5.48 Å². The molecule has 4 N–H and O–H groups in total. The highest BCUT2D eigenvalue weighted by Gasteiger charge is 2.10. The molecule has 0 saturated carbocycles. The Hall–Kier alpha value is -0.610. The molecule has 0 saturated heterocycles. The maximum absolute atomic E-state index is 10.7. The Kier molecular flexibility index (Phi) is 6.70. The number of nitrogens with one attached hydrogen (secondary N) is 1. The van der Waals surface area contributed by atoms with Gasteiger partial charge in [0.25, 0.3) is 5.91 Å². The number of hydrogen-bond acceptors (Lipinski definition) is 3. The predicted molar refractivity (Wildman–Crippen MR) is 46.7 cm³/mol. The second-order valence-electron chi connectivity index (χ2n) is 2.93. The largest absolute Gasteiger partial charge is 0.320 e. The summed E-state index contributed by atoms with van der Waals surface area (Å²) in [6.45, 7) is 2.13. The van der Waals surface area contributed by atoms with Crippen LogP contribution in [0.1, 0.15) is 39.0 Å². The van der Waals surface area contributed by atoms with E-state index in [0.29, 0.717) is 6.42 Å². The summed E-state index contributed by atoms with van der Waals surface area (Å²) in [5.41, 5.74) is 6.98. The Morgan fingerprint density at radius 2 is 2.17 bits per heavy atom. The second kappa shape index (κ2) is 7.06. The van der Waals surface area contributed by atoms with Crippen LogP contribution in [0.2, 0.25) is 0 Å². The summed E-state index contributed by atoms with van der Waals surface area (Å²) in [6, 6.07) is -0.563. The van der Waals surface area contributed by atoms with Crippen molar-refractivity contribution in [3.63, 3.8) is 0 Å². The topological polar surface area (TPSA) is 75.4 Å². The zero-order valence-electron chi connectivity index (χ0n) is 7.55. The predicted octanol–water partition coefficient (Wildman–Crippen LogP) is 0.790. The summed E-state index contributed by atoms with van der Waals surface area (Å²) in [6.07, 6.45) is 5.03. The first-order chi connectivity index (χ1) is 5.72. The Balaban J connectivity index is 3.31. The van der Waals surface area contributed by atoms with Crippen molar-refractivity contribution >= 4 is 5.91 Å². The monoisotopic (exact) mass is 174 g/mol. The Morgan fingerprint density at radius 1 is 1.50 bits per heavy atom. The van der Waals surface area contributed by atoms with Crippen LogP contribution in [0.5, 0.6) is 0 Å². The molecule has 0 aromatic rings. The van der Waals surface area contributed by atoms with Crippen LogP contribution in [0.15, 0.2) is 0 Å². The molecular weight excluding hydrogens is 156 g/mol. The van der Waals surface area contributed by atoms with E-state index in [0.717, 1.165) is 12.8 Å². The van der Waals surface area contributed by atoms with Crippen LogP contribution in [0, 0.1) is 0 Å². The molecule has 0 aliphatic heterocycles. The highest BCUT2D eigenvalue weighted by molar-refractivity contribution is 5.80. The number of nitrogens with two attached hydrogens (primary N) is 1. The number of carbonyl (C=O) groups is 1. The summed E-state index contributed by atoms with van der Waals surface area (Å²) < 4.78 is 0. The minimum absolute atomic E-state index is 0.494. The Morgan fingerprint density at radius 3 is 2.67 bits per heavy atom. The molecule has 1 atom stereocenters. The number of rotatable bonds is 6. The molecule has 0 aromatic carbocycles. The van der Waals surface area contributed by atoms with E-state index in [-0.39, 0.29) is 0 Å². The molecule has 0 aliphatic rings. The SMILES string of the molecule is CCCCCC[C@@H](N)C(=O)NO. The summed E-state index contributed by atoms with van der Waals surface area (Å²) >= 11 is 0. The molecular formula is C8H18N2O2. The van der Waals surface area contributed by atoms with Crippen LogP contribution >= 0.6 is 0 Å². The minimum Gasteiger partial charge on any atom is -0.320 e. The zero-order chi connectivity index (χ0) is 9.40. The third-order valence-corrected chi connectivity index (χ3v) is 1.82. The first-order valence-corrected chi connectivity index (χ1v) is 4.42. The van der Waals surface area contributed by atoms with E-state index < -0.39 is 11.9 Å². The van der Waals surface area contributed by atoms with Crippen molar-refractivity contribution in [2.45, 2.75) is 45.1 Å². The number of hydroxylamine groups is 1. The van der Waals surface area contributed by atoms with Gasteiger partial charge in [-0.15, -0.1) is 0 Å². The van der Waals surface area contributed by atoms with Crippen molar-refractivity contribution in [2.75, 3.05) is 0 Å². The minimum atomic E-state index is -0.563. The van der Waals surface area contributed by atoms with E-state index in [1.165, 1.54) is 12.8 Å². The summed E-state index contributed by atoms with van der Waals surface area (Å²) in [7, 11) is 0. The van der Waals surface area contributed by atoms with Crippen LogP contribution in [-0.4, -0.2) is 17.2 Å². The molecule has 4 heteroatoms. The maximum Gasteiger partial charge on any atom is 0.260 e. The quantitative estimate of drug-likeness (QED) is 0.316. The van der Waals surface area contributed by atoms with Crippen LogP contribution < -0.4 is 11.2 Å². The highest BCUT2D eigenvalue weighted by atomic mass is 16.5. The van der Waals surface area contributed by atoms with Crippen LogP contribution in [-0.2, 0) is 4.79 Å². The lowest BCUT2D eigenvalue weighted by Crippen LogP contribution is -2.38. The molecule has 12 heavy (non-hydrogen) atoms. The average Bonchev–Trinajstić information content (AvgIpc) is 2.10. The highest BCUT2D eigenvalue weighted by Crippen LogP contribution is 2.03. The summed E-state index contributed by atoms with van der Waals surface area (Å²) in [5, 5.41) is 8.23.